The lowest BCUT2D eigenvalue weighted by atomic mass is 10.0. The SMILES string of the molecule is Cn1nccc1C(=O)CCCc1ccc(-c2nc3cccc(C(=O)Cl)c3o2)cc1. The van der Waals surface area contributed by atoms with Crippen LogP contribution in [0.5, 0.6) is 0 Å². The Labute approximate surface area is 172 Å². The summed E-state index contributed by atoms with van der Waals surface area (Å²) in [5.74, 6) is 0.529. The van der Waals surface area contributed by atoms with Crippen LogP contribution in [0.15, 0.2) is 59.1 Å². The first-order chi connectivity index (χ1) is 14.0. The van der Waals surface area contributed by atoms with Crippen molar-refractivity contribution in [3.8, 4) is 11.5 Å². The molecule has 4 aromatic rings. The predicted octanol–water partition coefficient (Wildman–Crippen LogP) is 4.81. The van der Waals surface area contributed by atoms with Crippen LogP contribution in [0.2, 0.25) is 0 Å². The van der Waals surface area contributed by atoms with Crippen molar-refractivity contribution in [2.45, 2.75) is 19.3 Å². The Bertz CT molecular complexity index is 1190. The van der Waals surface area contributed by atoms with Crippen LogP contribution in [0.25, 0.3) is 22.6 Å². The molecule has 2 heterocycles. The second kappa shape index (κ2) is 8.01. The Morgan fingerprint density at radius 2 is 1.90 bits per heavy atom. The van der Waals surface area contributed by atoms with Crippen LogP contribution in [0.1, 0.15) is 39.3 Å². The largest absolute Gasteiger partial charge is 0.435 e. The average Bonchev–Trinajstić information content (AvgIpc) is 3.34. The molecule has 0 atom stereocenters. The predicted molar refractivity (Wildman–Crippen MR) is 110 cm³/mol. The number of fused-ring (bicyclic) bond motifs is 1. The third-order valence-electron chi connectivity index (χ3n) is 4.80. The minimum atomic E-state index is -0.575. The van der Waals surface area contributed by atoms with E-state index in [0.29, 0.717) is 34.7 Å². The van der Waals surface area contributed by atoms with Gasteiger partial charge in [0, 0.05) is 25.2 Å². The third kappa shape index (κ3) is 3.98. The molecule has 0 radical (unpaired) electrons. The maximum Gasteiger partial charge on any atom is 0.256 e. The lowest BCUT2D eigenvalue weighted by Crippen LogP contribution is -2.07. The molecule has 7 heteroatoms. The average molecular weight is 408 g/mol. The highest BCUT2D eigenvalue weighted by Crippen LogP contribution is 2.27. The number of nitrogens with zero attached hydrogens (tertiary/aromatic N) is 3. The summed E-state index contributed by atoms with van der Waals surface area (Å²) in [6, 6.07) is 14.7. The van der Waals surface area contributed by atoms with Crippen LogP contribution in [-0.4, -0.2) is 25.8 Å². The van der Waals surface area contributed by atoms with Crippen LogP contribution in [-0.2, 0) is 13.5 Å². The first-order valence-corrected chi connectivity index (χ1v) is 9.60. The van der Waals surface area contributed by atoms with E-state index in [9.17, 15) is 9.59 Å². The van der Waals surface area contributed by atoms with E-state index >= 15 is 0 Å². The highest BCUT2D eigenvalue weighted by Gasteiger charge is 2.15. The molecule has 0 aliphatic heterocycles. The molecule has 29 heavy (non-hydrogen) atoms. The first-order valence-electron chi connectivity index (χ1n) is 9.23. The zero-order valence-electron chi connectivity index (χ0n) is 15.8. The maximum atomic E-state index is 12.2. The Morgan fingerprint density at radius 1 is 1.10 bits per heavy atom. The van der Waals surface area contributed by atoms with E-state index in [1.807, 2.05) is 24.3 Å². The van der Waals surface area contributed by atoms with E-state index in [-0.39, 0.29) is 5.78 Å². The number of oxazole rings is 1. The summed E-state index contributed by atoms with van der Waals surface area (Å²) in [7, 11) is 1.77. The topological polar surface area (TPSA) is 78.0 Å². The number of hydrogen-bond donors (Lipinski definition) is 0. The molecule has 0 bridgehead atoms. The number of ketones is 1. The van der Waals surface area contributed by atoms with Crippen molar-refractivity contribution in [1.29, 1.82) is 0 Å². The first kappa shape index (κ1) is 19.1. The molecule has 4 rings (SSSR count). The minimum Gasteiger partial charge on any atom is -0.435 e. The van der Waals surface area contributed by atoms with Gasteiger partial charge in [-0.3, -0.25) is 14.3 Å². The molecule has 0 aliphatic rings. The van der Waals surface area contributed by atoms with Crippen molar-refractivity contribution in [1.82, 2.24) is 14.8 Å². The second-order valence-corrected chi connectivity index (χ2v) is 7.10. The number of para-hydroxylation sites is 1. The fourth-order valence-corrected chi connectivity index (χ4v) is 3.42. The Hall–Kier alpha value is -3.25. The lowest BCUT2D eigenvalue weighted by molar-refractivity contribution is 0.0970. The molecule has 0 N–H and O–H groups in total. The zero-order valence-corrected chi connectivity index (χ0v) is 16.5. The molecule has 0 unspecified atom stereocenters. The number of Topliss-reactive ketones (excluding diaryl/α,β-unsaturated/α-hetero) is 1. The summed E-state index contributed by atoms with van der Waals surface area (Å²) < 4.78 is 7.38. The fourth-order valence-electron chi connectivity index (χ4n) is 3.27. The number of aromatic nitrogens is 3. The van der Waals surface area contributed by atoms with Gasteiger partial charge >= 0.3 is 0 Å². The highest BCUT2D eigenvalue weighted by molar-refractivity contribution is 6.68. The number of carbonyl (C=O) groups is 2. The van der Waals surface area contributed by atoms with E-state index in [0.717, 1.165) is 24.0 Å². The van der Waals surface area contributed by atoms with Crippen LogP contribution in [0, 0.1) is 0 Å². The highest BCUT2D eigenvalue weighted by atomic mass is 35.5. The molecule has 0 spiro atoms. The van der Waals surface area contributed by atoms with Gasteiger partial charge in [0.25, 0.3) is 5.24 Å². The molecule has 0 aliphatic carbocycles. The summed E-state index contributed by atoms with van der Waals surface area (Å²) in [6.45, 7) is 0. The van der Waals surface area contributed by atoms with Gasteiger partial charge in [0.1, 0.15) is 11.2 Å². The molecule has 146 valence electrons. The van der Waals surface area contributed by atoms with Crippen molar-refractivity contribution in [3.63, 3.8) is 0 Å². The summed E-state index contributed by atoms with van der Waals surface area (Å²) in [4.78, 5) is 28.2. The van der Waals surface area contributed by atoms with Gasteiger partial charge in [-0.2, -0.15) is 5.10 Å². The Balaban J connectivity index is 1.43. The molecular formula is C22H18ClN3O3. The number of benzene rings is 2. The summed E-state index contributed by atoms with van der Waals surface area (Å²) in [5.41, 5.74) is 3.84. The van der Waals surface area contributed by atoms with Crippen molar-refractivity contribution < 1.29 is 14.0 Å². The van der Waals surface area contributed by atoms with E-state index in [1.165, 1.54) is 0 Å². The molecule has 0 saturated heterocycles. The van der Waals surface area contributed by atoms with Gasteiger partial charge in [-0.25, -0.2) is 4.98 Å². The van der Waals surface area contributed by atoms with Crippen molar-refractivity contribution in [2.75, 3.05) is 0 Å². The molecule has 6 nitrogen and oxygen atoms in total. The number of carbonyl (C=O) groups excluding carboxylic acids is 2. The number of hydrogen-bond acceptors (Lipinski definition) is 5. The van der Waals surface area contributed by atoms with Gasteiger partial charge in [-0.1, -0.05) is 18.2 Å². The normalized spacial score (nSPS) is 11.1. The number of rotatable bonds is 7. The monoisotopic (exact) mass is 407 g/mol. The summed E-state index contributed by atoms with van der Waals surface area (Å²) in [5, 5.41) is 3.45. The van der Waals surface area contributed by atoms with Crippen LogP contribution in [0.3, 0.4) is 0 Å². The molecule has 2 aromatic carbocycles. The zero-order chi connectivity index (χ0) is 20.4. The van der Waals surface area contributed by atoms with E-state index < -0.39 is 5.24 Å². The van der Waals surface area contributed by atoms with Gasteiger partial charge < -0.3 is 4.42 Å². The number of halogens is 1. The van der Waals surface area contributed by atoms with Crippen LogP contribution < -0.4 is 0 Å². The summed E-state index contributed by atoms with van der Waals surface area (Å²) >= 11 is 5.61. The van der Waals surface area contributed by atoms with Gasteiger partial charge in [0.15, 0.2) is 11.4 Å². The maximum absolute atomic E-state index is 12.2. The van der Waals surface area contributed by atoms with Gasteiger partial charge in [-0.15, -0.1) is 0 Å². The van der Waals surface area contributed by atoms with Crippen LogP contribution >= 0.6 is 11.6 Å². The van der Waals surface area contributed by atoms with Crippen molar-refractivity contribution in [3.05, 3.63) is 71.5 Å². The summed E-state index contributed by atoms with van der Waals surface area (Å²) in [6.07, 6.45) is 3.65. The Morgan fingerprint density at radius 3 is 2.59 bits per heavy atom. The molecule has 2 aromatic heterocycles. The van der Waals surface area contributed by atoms with Gasteiger partial charge in [0.05, 0.1) is 5.56 Å². The van der Waals surface area contributed by atoms with Gasteiger partial charge in [0.2, 0.25) is 5.89 Å². The smallest absolute Gasteiger partial charge is 0.256 e. The molecular weight excluding hydrogens is 390 g/mol. The van der Waals surface area contributed by atoms with Crippen molar-refractivity contribution in [2.24, 2.45) is 7.05 Å². The lowest BCUT2D eigenvalue weighted by Gasteiger charge is -2.03. The molecule has 0 saturated carbocycles. The van der Waals surface area contributed by atoms with Gasteiger partial charge in [-0.05, 0) is 60.3 Å². The standard InChI is InChI=1S/C22H18ClN3O3/c1-26-18(12-13-24-26)19(27)7-2-4-14-8-10-15(11-9-14)22-25-17-6-3-5-16(21(23)28)20(17)29-22/h3,5-6,8-13H,2,4,7H2,1H3. The third-order valence-corrected chi connectivity index (χ3v) is 5.01. The van der Waals surface area contributed by atoms with E-state index in [2.05, 4.69) is 10.1 Å². The molecule has 0 fully saturated rings. The fraction of sp³-hybridized carbons (Fsp3) is 0.182. The Kier molecular flexibility index (Phi) is 5.27. The van der Waals surface area contributed by atoms with E-state index in [4.69, 9.17) is 16.0 Å². The number of aryl methyl sites for hydroxylation is 2. The second-order valence-electron chi connectivity index (χ2n) is 6.76. The van der Waals surface area contributed by atoms with Crippen molar-refractivity contribution >= 4 is 33.7 Å². The van der Waals surface area contributed by atoms with E-state index in [1.54, 1.807) is 42.2 Å². The minimum absolute atomic E-state index is 0.0951. The quantitative estimate of drug-likeness (QED) is 0.324. The molecule has 0 amide bonds. The van der Waals surface area contributed by atoms with Crippen LogP contribution in [0.4, 0.5) is 0 Å².